The minimum Gasteiger partial charge on any atom is -0.329 e. The molecule has 0 saturated heterocycles. The van der Waals surface area contributed by atoms with E-state index in [0.717, 1.165) is 17.8 Å². The Kier molecular flexibility index (Phi) is 5.22. The lowest BCUT2D eigenvalue weighted by atomic mass is 9.81. The van der Waals surface area contributed by atoms with E-state index >= 15 is 0 Å². The SMILES string of the molecule is CCC(CC)(CN)C(=O)Nc1nnc(C(C)C)s1. The van der Waals surface area contributed by atoms with Gasteiger partial charge in [0.2, 0.25) is 11.0 Å². The highest BCUT2D eigenvalue weighted by atomic mass is 32.1. The van der Waals surface area contributed by atoms with E-state index in [-0.39, 0.29) is 5.91 Å². The summed E-state index contributed by atoms with van der Waals surface area (Å²) in [6.07, 6.45) is 1.45. The van der Waals surface area contributed by atoms with Crippen molar-refractivity contribution in [3.63, 3.8) is 0 Å². The first-order valence-electron chi connectivity index (χ1n) is 6.34. The molecule has 1 heterocycles. The fourth-order valence-electron chi connectivity index (χ4n) is 1.70. The van der Waals surface area contributed by atoms with Gasteiger partial charge in [0.25, 0.3) is 0 Å². The first-order valence-corrected chi connectivity index (χ1v) is 7.15. The van der Waals surface area contributed by atoms with E-state index in [0.29, 0.717) is 17.6 Å². The molecule has 1 rings (SSSR count). The lowest BCUT2D eigenvalue weighted by Gasteiger charge is -2.27. The number of anilines is 1. The lowest BCUT2D eigenvalue weighted by Crippen LogP contribution is -2.41. The number of hydrogen-bond donors (Lipinski definition) is 2. The van der Waals surface area contributed by atoms with Crippen LogP contribution in [0.3, 0.4) is 0 Å². The zero-order valence-electron chi connectivity index (χ0n) is 11.5. The lowest BCUT2D eigenvalue weighted by molar-refractivity contribution is -0.125. The predicted octanol–water partition coefficient (Wildman–Crippen LogP) is 2.37. The molecule has 0 fully saturated rings. The Morgan fingerprint density at radius 1 is 1.39 bits per heavy atom. The molecule has 0 aliphatic rings. The van der Waals surface area contributed by atoms with Gasteiger partial charge >= 0.3 is 0 Å². The maximum absolute atomic E-state index is 12.3. The smallest absolute Gasteiger partial charge is 0.233 e. The Hall–Kier alpha value is -1.01. The molecule has 0 aliphatic carbocycles. The molecule has 1 aromatic heterocycles. The summed E-state index contributed by atoms with van der Waals surface area (Å²) in [5.74, 6) is 0.270. The summed E-state index contributed by atoms with van der Waals surface area (Å²) in [5.41, 5.74) is 5.25. The van der Waals surface area contributed by atoms with Crippen molar-refractivity contribution in [2.45, 2.75) is 46.5 Å². The van der Waals surface area contributed by atoms with Crippen molar-refractivity contribution < 1.29 is 4.79 Å². The molecule has 0 atom stereocenters. The highest BCUT2D eigenvalue weighted by Crippen LogP contribution is 2.28. The summed E-state index contributed by atoms with van der Waals surface area (Å²) in [6, 6.07) is 0. The molecular formula is C12H22N4OS. The van der Waals surface area contributed by atoms with E-state index in [2.05, 4.69) is 15.5 Å². The van der Waals surface area contributed by atoms with Gasteiger partial charge in [0, 0.05) is 12.5 Å². The molecule has 0 spiro atoms. The van der Waals surface area contributed by atoms with Crippen molar-refractivity contribution in [3.05, 3.63) is 5.01 Å². The maximum atomic E-state index is 12.3. The fourth-order valence-corrected chi connectivity index (χ4v) is 2.44. The number of carbonyl (C=O) groups excluding carboxylic acids is 1. The quantitative estimate of drug-likeness (QED) is 0.831. The van der Waals surface area contributed by atoms with Crippen LogP contribution < -0.4 is 11.1 Å². The maximum Gasteiger partial charge on any atom is 0.233 e. The Labute approximate surface area is 112 Å². The van der Waals surface area contributed by atoms with E-state index < -0.39 is 5.41 Å². The molecule has 1 aromatic rings. The van der Waals surface area contributed by atoms with E-state index in [1.54, 1.807) is 0 Å². The molecule has 0 aromatic carbocycles. The summed E-state index contributed by atoms with van der Waals surface area (Å²) < 4.78 is 0. The molecule has 0 radical (unpaired) electrons. The molecule has 1 amide bonds. The monoisotopic (exact) mass is 270 g/mol. The van der Waals surface area contributed by atoms with Gasteiger partial charge in [0.1, 0.15) is 5.01 Å². The van der Waals surface area contributed by atoms with Crippen LogP contribution in [0.25, 0.3) is 0 Å². The number of nitrogens with two attached hydrogens (primary N) is 1. The molecule has 0 unspecified atom stereocenters. The average molecular weight is 270 g/mol. The van der Waals surface area contributed by atoms with Gasteiger partial charge in [-0.15, -0.1) is 10.2 Å². The minimum atomic E-state index is -0.496. The Morgan fingerprint density at radius 3 is 2.39 bits per heavy atom. The van der Waals surface area contributed by atoms with Gasteiger partial charge in [-0.3, -0.25) is 10.1 Å². The first-order chi connectivity index (χ1) is 8.49. The second kappa shape index (κ2) is 6.24. The molecular weight excluding hydrogens is 248 g/mol. The number of carbonyl (C=O) groups is 1. The second-order valence-electron chi connectivity index (χ2n) is 4.75. The predicted molar refractivity (Wildman–Crippen MR) is 74.7 cm³/mol. The van der Waals surface area contributed by atoms with Crippen LogP contribution in [-0.2, 0) is 4.79 Å². The summed E-state index contributed by atoms with van der Waals surface area (Å²) in [5, 5.41) is 12.4. The third-order valence-electron chi connectivity index (χ3n) is 3.38. The van der Waals surface area contributed by atoms with Crippen molar-refractivity contribution in [2.24, 2.45) is 11.1 Å². The minimum absolute atomic E-state index is 0.0542. The normalized spacial score (nSPS) is 11.9. The zero-order chi connectivity index (χ0) is 13.8. The van der Waals surface area contributed by atoms with Crippen LogP contribution in [0.1, 0.15) is 51.5 Å². The van der Waals surface area contributed by atoms with Crippen LogP contribution in [0.4, 0.5) is 5.13 Å². The van der Waals surface area contributed by atoms with Gasteiger partial charge in [-0.25, -0.2) is 0 Å². The number of nitrogens with one attached hydrogen (secondary N) is 1. The molecule has 0 bridgehead atoms. The summed E-state index contributed by atoms with van der Waals surface area (Å²) >= 11 is 1.42. The van der Waals surface area contributed by atoms with Crippen LogP contribution in [0.5, 0.6) is 0 Å². The number of rotatable bonds is 6. The van der Waals surface area contributed by atoms with Crippen molar-refractivity contribution in [1.29, 1.82) is 0 Å². The molecule has 102 valence electrons. The van der Waals surface area contributed by atoms with Crippen LogP contribution >= 0.6 is 11.3 Å². The van der Waals surface area contributed by atoms with Gasteiger partial charge in [-0.1, -0.05) is 39.0 Å². The van der Waals surface area contributed by atoms with Crippen LogP contribution in [0, 0.1) is 5.41 Å². The first kappa shape index (κ1) is 15.0. The highest BCUT2D eigenvalue weighted by molar-refractivity contribution is 7.15. The average Bonchev–Trinajstić information content (AvgIpc) is 2.81. The number of aromatic nitrogens is 2. The standard InChI is InChI=1S/C12H22N4OS/c1-5-12(6-2,7-13)10(17)14-11-16-15-9(18-11)8(3)4/h8H,5-7,13H2,1-4H3,(H,14,16,17). The summed E-state index contributed by atoms with van der Waals surface area (Å²) in [7, 11) is 0. The number of hydrogen-bond acceptors (Lipinski definition) is 5. The van der Waals surface area contributed by atoms with Crippen LogP contribution in [-0.4, -0.2) is 22.6 Å². The van der Waals surface area contributed by atoms with Crippen LogP contribution in [0.15, 0.2) is 0 Å². The van der Waals surface area contributed by atoms with Gasteiger partial charge in [0.05, 0.1) is 5.41 Å². The van der Waals surface area contributed by atoms with Gasteiger partial charge in [0.15, 0.2) is 0 Å². The molecule has 3 N–H and O–H groups in total. The van der Waals surface area contributed by atoms with E-state index in [1.165, 1.54) is 11.3 Å². The van der Waals surface area contributed by atoms with Crippen molar-refractivity contribution in [1.82, 2.24) is 10.2 Å². The molecule has 5 nitrogen and oxygen atoms in total. The zero-order valence-corrected chi connectivity index (χ0v) is 12.3. The molecule has 0 aliphatic heterocycles. The number of amides is 1. The second-order valence-corrected chi connectivity index (χ2v) is 5.75. The Morgan fingerprint density at radius 2 is 2.00 bits per heavy atom. The van der Waals surface area contributed by atoms with E-state index in [4.69, 9.17) is 5.73 Å². The number of nitrogens with zero attached hydrogens (tertiary/aromatic N) is 2. The van der Waals surface area contributed by atoms with Crippen LogP contribution in [0.2, 0.25) is 0 Å². The highest BCUT2D eigenvalue weighted by Gasteiger charge is 2.33. The third-order valence-corrected chi connectivity index (χ3v) is 4.52. The van der Waals surface area contributed by atoms with Crippen molar-refractivity contribution >= 4 is 22.4 Å². The van der Waals surface area contributed by atoms with E-state index in [1.807, 2.05) is 27.7 Å². The third kappa shape index (κ3) is 3.05. The Bertz CT molecular complexity index is 390. The topological polar surface area (TPSA) is 80.9 Å². The summed E-state index contributed by atoms with van der Waals surface area (Å²) in [4.78, 5) is 12.3. The van der Waals surface area contributed by atoms with E-state index in [9.17, 15) is 4.79 Å². The fraction of sp³-hybridized carbons (Fsp3) is 0.750. The molecule has 0 saturated carbocycles. The Balaban J connectivity index is 2.79. The van der Waals surface area contributed by atoms with Crippen molar-refractivity contribution in [2.75, 3.05) is 11.9 Å². The molecule has 6 heteroatoms. The van der Waals surface area contributed by atoms with Gasteiger partial charge < -0.3 is 5.73 Å². The summed E-state index contributed by atoms with van der Waals surface area (Å²) in [6.45, 7) is 8.41. The largest absolute Gasteiger partial charge is 0.329 e. The van der Waals surface area contributed by atoms with Crippen molar-refractivity contribution in [3.8, 4) is 0 Å². The van der Waals surface area contributed by atoms with Gasteiger partial charge in [-0.05, 0) is 12.8 Å². The molecule has 18 heavy (non-hydrogen) atoms. The van der Waals surface area contributed by atoms with Gasteiger partial charge in [-0.2, -0.15) is 0 Å².